The molecule has 1 rings (SSSR count). The summed E-state index contributed by atoms with van der Waals surface area (Å²) < 4.78 is 0. The molecule has 0 bridgehead atoms. The number of nitrogens with zero attached hydrogens (tertiary/aromatic N) is 1. The molecule has 0 aliphatic carbocycles. The summed E-state index contributed by atoms with van der Waals surface area (Å²) in [5.41, 5.74) is 0.582. The van der Waals surface area contributed by atoms with Crippen LogP contribution in [0.5, 0.6) is 0 Å². The first-order valence-electron chi connectivity index (χ1n) is 5.83. The average Bonchev–Trinajstić information content (AvgIpc) is 2.39. The SMILES string of the molecule is C=CCCNC(=O)CN(C)C(=O)c1ccccc1. The molecule has 0 saturated heterocycles. The van der Waals surface area contributed by atoms with Gasteiger partial charge in [0.05, 0.1) is 6.54 Å². The standard InChI is InChI=1S/C14H18N2O2/c1-3-4-10-15-13(17)11-16(2)14(18)12-8-6-5-7-9-12/h3,5-9H,1,4,10-11H2,2H3,(H,15,17). The molecule has 4 nitrogen and oxygen atoms in total. The molecule has 0 aliphatic heterocycles. The quantitative estimate of drug-likeness (QED) is 0.610. The van der Waals surface area contributed by atoms with E-state index in [4.69, 9.17) is 0 Å². The van der Waals surface area contributed by atoms with Gasteiger partial charge in [-0.3, -0.25) is 9.59 Å². The third-order valence-corrected chi connectivity index (χ3v) is 2.42. The number of amides is 2. The molecular weight excluding hydrogens is 228 g/mol. The van der Waals surface area contributed by atoms with Crippen molar-refractivity contribution in [3.8, 4) is 0 Å². The number of likely N-dealkylation sites (N-methyl/N-ethyl adjacent to an activating group) is 1. The Bertz CT molecular complexity index is 415. The molecule has 0 aromatic heterocycles. The van der Waals surface area contributed by atoms with Gasteiger partial charge in [0.1, 0.15) is 0 Å². The fourth-order valence-corrected chi connectivity index (χ4v) is 1.46. The van der Waals surface area contributed by atoms with Gasteiger partial charge in [0.15, 0.2) is 0 Å². The van der Waals surface area contributed by atoms with Gasteiger partial charge in [0.2, 0.25) is 5.91 Å². The number of carbonyl (C=O) groups is 2. The number of carbonyl (C=O) groups excluding carboxylic acids is 2. The Labute approximate surface area is 107 Å². The number of hydrogen-bond acceptors (Lipinski definition) is 2. The summed E-state index contributed by atoms with van der Waals surface area (Å²) in [4.78, 5) is 24.9. The van der Waals surface area contributed by atoms with Crippen LogP contribution in [0.15, 0.2) is 43.0 Å². The van der Waals surface area contributed by atoms with E-state index >= 15 is 0 Å². The fourth-order valence-electron chi connectivity index (χ4n) is 1.46. The highest BCUT2D eigenvalue weighted by Crippen LogP contribution is 2.02. The molecule has 96 valence electrons. The Kier molecular flexibility index (Phi) is 5.64. The number of nitrogens with one attached hydrogen (secondary N) is 1. The third kappa shape index (κ3) is 4.41. The average molecular weight is 246 g/mol. The summed E-state index contributed by atoms with van der Waals surface area (Å²) in [5, 5.41) is 2.72. The van der Waals surface area contributed by atoms with Crippen LogP contribution in [0, 0.1) is 0 Å². The Morgan fingerprint density at radius 2 is 2.00 bits per heavy atom. The Balaban J connectivity index is 2.45. The molecule has 0 radical (unpaired) electrons. The normalized spacial score (nSPS) is 9.61. The predicted octanol–water partition coefficient (Wildman–Crippen LogP) is 1.45. The molecule has 0 aliphatic rings. The molecule has 1 aromatic rings. The minimum Gasteiger partial charge on any atom is -0.354 e. The first-order valence-corrected chi connectivity index (χ1v) is 5.83. The third-order valence-electron chi connectivity index (χ3n) is 2.42. The maximum absolute atomic E-state index is 11.9. The van der Waals surface area contributed by atoms with Crippen LogP contribution in [0.1, 0.15) is 16.8 Å². The largest absolute Gasteiger partial charge is 0.354 e. The summed E-state index contributed by atoms with van der Waals surface area (Å²) in [5.74, 6) is -0.321. The van der Waals surface area contributed by atoms with E-state index in [0.717, 1.165) is 6.42 Å². The second kappa shape index (κ2) is 7.27. The second-order valence-corrected chi connectivity index (χ2v) is 3.95. The highest BCUT2D eigenvalue weighted by Gasteiger charge is 2.13. The summed E-state index contributed by atoms with van der Waals surface area (Å²) in [6, 6.07) is 8.90. The van der Waals surface area contributed by atoms with Crippen molar-refractivity contribution in [3.05, 3.63) is 48.6 Å². The Morgan fingerprint density at radius 1 is 1.33 bits per heavy atom. The van der Waals surface area contributed by atoms with Crippen molar-refractivity contribution in [3.63, 3.8) is 0 Å². The van der Waals surface area contributed by atoms with Crippen LogP contribution >= 0.6 is 0 Å². The molecule has 0 unspecified atom stereocenters. The van der Waals surface area contributed by atoms with Crippen molar-refractivity contribution in [1.82, 2.24) is 10.2 Å². The first-order chi connectivity index (χ1) is 8.65. The molecule has 2 amide bonds. The van der Waals surface area contributed by atoms with Crippen molar-refractivity contribution in [2.24, 2.45) is 0 Å². The molecule has 0 atom stereocenters. The van der Waals surface area contributed by atoms with Crippen LogP contribution in [0.25, 0.3) is 0 Å². The Hall–Kier alpha value is -2.10. The number of benzene rings is 1. The van der Waals surface area contributed by atoms with Crippen LogP contribution in [-0.2, 0) is 4.79 Å². The van der Waals surface area contributed by atoms with Crippen molar-refractivity contribution < 1.29 is 9.59 Å². The number of hydrogen-bond donors (Lipinski definition) is 1. The van der Waals surface area contributed by atoms with E-state index < -0.39 is 0 Å². The van der Waals surface area contributed by atoms with Crippen LogP contribution in [0.4, 0.5) is 0 Å². The lowest BCUT2D eigenvalue weighted by Gasteiger charge is -2.16. The zero-order chi connectivity index (χ0) is 13.4. The van der Waals surface area contributed by atoms with Crippen LogP contribution in [0.2, 0.25) is 0 Å². The van der Waals surface area contributed by atoms with Crippen molar-refractivity contribution in [2.75, 3.05) is 20.1 Å². The number of rotatable bonds is 6. The summed E-state index contributed by atoms with van der Waals surface area (Å²) in [6.07, 6.45) is 2.46. The van der Waals surface area contributed by atoms with Gasteiger partial charge >= 0.3 is 0 Å². The highest BCUT2D eigenvalue weighted by molar-refractivity contribution is 5.96. The summed E-state index contributed by atoms with van der Waals surface area (Å²) in [6.45, 7) is 4.18. The van der Waals surface area contributed by atoms with Gasteiger partial charge in [-0.05, 0) is 18.6 Å². The summed E-state index contributed by atoms with van der Waals surface area (Å²) in [7, 11) is 1.61. The van der Waals surface area contributed by atoms with Gasteiger partial charge in [-0.15, -0.1) is 6.58 Å². The lowest BCUT2D eigenvalue weighted by Crippen LogP contribution is -2.38. The van der Waals surface area contributed by atoms with Gasteiger partial charge < -0.3 is 10.2 Å². The van der Waals surface area contributed by atoms with E-state index in [1.807, 2.05) is 6.07 Å². The minimum atomic E-state index is -0.163. The van der Waals surface area contributed by atoms with E-state index in [1.54, 1.807) is 37.4 Å². The van der Waals surface area contributed by atoms with Crippen molar-refractivity contribution in [1.29, 1.82) is 0 Å². The van der Waals surface area contributed by atoms with Gasteiger partial charge in [0.25, 0.3) is 5.91 Å². The molecular formula is C14H18N2O2. The van der Waals surface area contributed by atoms with Crippen LogP contribution in [-0.4, -0.2) is 36.9 Å². The highest BCUT2D eigenvalue weighted by atomic mass is 16.2. The van der Waals surface area contributed by atoms with Crippen molar-refractivity contribution in [2.45, 2.75) is 6.42 Å². The maximum Gasteiger partial charge on any atom is 0.254 e. The van der Waals surface area contributed by atoms with E-state index in [1.165, 1.54) is 4.90 Å². The molecule has 0 spiro atoms. The predicted molar refractivity (Wildman–Crippen MR) is 71.2 cm³/mol. The van der Waals surface area contributed by atoms with E-state index in [-0.39, 0.29) is 18.4 Å². The minimum absolute atomic E-state index is 0.0604. The maximum atomic E-state index is 11.9. The van der Waals surface area contributed by atoms with E-state index in [2.05, 4.69) is 11.9 Å². The van der Waals surface area contributed by atoms with E-state index in [0.29, 0.717) is 12.1 Å². The molecule has 1 N–H and O–H groups in total. The summed E-state index contributed by atoms with van der Waals surface area (Å²) >= 11 is 0. The van der Waals surface area contributed by atoms with Gasteiger partial charge in [-0.1, -0.05) is 24.3 Å². The molecule has 4 heteroatoms. The molecule has 0 heterocycles. The first kappa shape index (κ1) is 14.0. The van der Waals surface area contributed by atoms with Crippen LogP contribution < -0.4 is 5.32 Å². The molecule has 1 aromatic carbocycles. The van der Waals surface area contributed by atoms with Crippen molar-refractivity contribution >= 4 is 11.8 Å². The zero-order valence-electron chi connectivity index (χ0n) is 10.6. The van der Waals surface area contributed by atoms with Crippen LogP contribution in [0.3, 0.4) is 0 Å². The zero-order valence-corrected chi connectivity index (χ0v) is 10.6. The van der Waals surface area contributed by atoms with Gasteiger partial charge in [0, 0.05) is 19.2 Å². The fraction of sp³-hybridized carbons (Fsp3) is 0.286. The van der Waals surface area contributed by atoms with E-state index in [9.17, 15) is 9.59 Å². The molecule has 18 heavy (non-hydrogen) atoms. The molecule has 0 fully saturated rings. The molecule has 0 saturated carbocycles. The topological polar surface area (TPSA) is 49.4 Å². The lowest BCUT2D eigenvalue weighted by atomic mass is 10.2. The Morgan fingerprint density at radius 3 is 2.61 bits per heavy atom. The van der Waals surface area contributed by atoms with Gasteiger partial charge in [-0.2, -0.15) is 0 Å². The lowest BCUT2D eigenvalue weighted by molar-refractivity contribution is -0.121. The monoisotopic (exact) mass is 246 g/mol. The van der Waals surface area contributed by atoms with Gasteiger partial charge in [-0.25, -0.2) is 0 Å². The smallest absolute Gasteiger partial charge is 0.254 e. The second-order valence-electron chi connectivity index (χ2n) is 3.95.